The summed E-state index contributed by atoms with van der Waals surface area (Å²) in [4.78, 5) is 3.79. The highest BCUT2D eigenvalue weighted by Gasteiger charge is 2.32. The molecule has 0 spiro atoms. The Morgan fingerprint density at radius 3 is 2.07 bits per heavy atom. The zero-order chi connectivity index (χ0) is 21.9. The molecule has 1 heterocycles. The highest BCUT2D eigenvalue weighted by Crippen LogP contribution is 2.32. The van der Waals surface area contributed by atoms with Crippen molar-refractivity contribution in [3.63, 3.8) is 0 Å². The Morgan fingerprint density at radius 1 is 0.800 bits per heavy atom. The van der Waals surface area contributed by atoms with Crippen LogP contribution >= 0.6 is 11.6 Å². The Balaban J connectivity index is 1.63. The van der Waals surface area contributed by atoms with Crippen LogP contribution in [0.15, 0.2) is 60.8 Å². The van der Waals surface area contributed by atoms with E-state index >= 15 is 0 Å². The van der Waals surface area contributed by atoms with Crippen LogP contribution in [-0.4, -0.2) is 4.98 Å². The van der Waals surface area contributed by atoms with Crippen molar-refractivity contribution in [2.45, 2.75) is 25.4 Å². The number of pyridine rings is 1. The minimum atomic E-state index is -4.52. The summed E-state index contributed by atoms with van der Waals surface area (Å²) in [7, 11) is 0. The van der Waals surface area contributed by atoms with Crippen LogP contribution in [0.1, 0.15) is 27.9 Å². The van der Waals surface area contributed by atoms with Gasteiger partial charge < -0.3 is 4.74 Å². The third-order valence-corrected chi connectivity index (χ3v) is 4.53. The van der Waals surface area contributed by atoms with Gasteiger partial charge in [0.15, 0.2) is 0 Å². The minimum Gasteiger partial charge on any atom is -0.489 e. The number of benzene rings is 2. The molecule has 0 saturated carbocycles. The van der Waals surface area contributed by atoms with Gasteiger partial charge in [-0.1, -0.05) is 35.9 Å². The predicted octanol–water partition coefficient (Wildman–Crippen LogP) is 6.94. The van der Waals surface area contributed by atoms with Gasteiger partial charge in [-0.3, -0.25) is 4.98 Å². The van der Waals surface area contributed by atoms with Gasteiger partial charge in [0.25, 0.3) is 0 Å². The molecule has 0 aliphatic rings. The third-order valence-electron chi connectivity index (χ3n) is 4.20. The summed E-state index contributed by atoms with van der Waals surface area (Å²) in [6.45, 7) is -0.0461. The van der Waals surface area contributed by atoms with Crippen molar-refractivity contribution in [1.82, 2.24) is 4.98 Å². The lowest BCUT2D eigenvalue weighted by molar-refractivity contribution is -0.138. The van der Waals surface area contributed by atoms with Crippen molar-refractivity contribution in [1.29, 1.82) is 0 Å². The first kappa shape index (κ1) is 22.0. The first-order valence-corrected chi connectivity index (χ1v) is 8.99. The van der Waals surface area contributed by atoms with Gasteiger partial charge in [0.1, 0.15) is 12.4 Å². The number of rotatable bonds is 5. The van der Waals surface area contributed by atoms with Crippen LogP contribution < -0.4 is 4.74 Å². The molecule has 0 fully saturated rings. The first-order valence-electron chi connectivity index (χ1n) is 8.62. The van der Waals surface area contributed by atoms with Gasteiger partial charge in [0.2, 0.25) is 0 Å². The van der Waals surface area contributed by atoms with Gasteiger partial charge in [0.05, 0.1) is 21.8 Å². The topological polar surface area (TPSA) is 22.1 Å². The second-order valence-corrected chi connectivity index (χ2v) is 6.87. The Hall–Kier alpha value is -2.74. The quantitative estimate of drug-likeness (QED) is 0.397. The molecular weight excluding hydrogens is 432 g/mol. The molecule has 30 heavy (non-hydrogen) atoms. The Labute approximate surface area is 173 Å². The minimum absolute atomic E-state index is 0.0461. The fraction of sp³-hybridized carbons (Fsp3) is 0.190. The van der Waals surface area contributed by atoms with Crippen molar-refractivity contribution in [2.24, 2.45) is 0 Å². The molecule has 9 heteroatoms. The molecule has 0 aliphatic heterocycles. The van der Waals surface area contributed by atoms with E-state index in [2.05, 4.69) is 4.98 Å². The molecule has 0 radical (unpaired) electrons. The summed E-state index contributed by atoms with van der Waals surface area (Å²) >= 11 is 5.91. The van der Waals surface area contributed by atoms with Crippen molar-refractivity contribution >= 4 is 11.6 Å². The molecule has 3 rings (SSSR count). The third kappa shape index (κ3) is 5.66. The highest BCUT2D eigenvalue weighted by atomic mass is 35.5. The molecule has 0 saturated heterocycles. The first-order chi connectivity index (χ1) is 14.0. The summed E-state index contributed by atoms with van der Waals surface area (Å²) in [6, 6.07) is 12.3. The molecule has 0 amide bonds. The number of halogens is 7. The van der Waals surface area contributed by atoms with Gasteiger partial charge in [-0.05, 0) is 41.5 Å². The Kier molecular flexibility index (Phi) is 6.26. The van der Waals surface area contributed by atoms with Crippen LogP contribution in [-0.2, 0) is 25.4 Å². The van der Waals surface area contributed by atoms with Crippen LogP contribution in [0.2, 0.25) is 5.02 Å². The standard InChI is InChI=1S/C21H14ClF6NO/c22-18-10-16(21(26,27)28)11-29-19(18)9-13-4-6-17(7-5-13)30-12-14-2-1-3-15(8-14)20(23,24)25/h1-8,10-11H,9,12H2. The predicted molar refractivity (Wildman–Crippen MR) is 99.3 cm³/mol. The maximum Gasteiger partial charge on any atom is 0.417 e. The second-order valence-electron chi connectivity index (χ2n) is 6.46. The number of alkyl halides is 6. The van der Waals surface area contributed by atoms with Crippen LogP contribution in [0.5, 0.6) is 5.75 Å². The van der Waals surface area contributed by atoms with Gasteiger partial charge in [0, 0.05) is 12.6 Å². The van der Waals surface area contributed by atoms with Crippen LogP contribution in [0, 0.1) is 0 Å². The van der Waals surface area contributed by atoms with Crippen molar-refractivity contribution in [2.75, 3.05) is 0 Å². The Bertz CT molecular complexity index is 1020. The maximum absolute atomic E-state index is 12.8. The number of aromatic nitrogens is 1. The average molecular weight is 446 g/mol. The maximum atomic E-state index is 12.8. The van der Waals surface area contributed by atoms with E-state index < -0.39 is 23.5 Å². The summed E-state index contributed by atoms with van der Waals surface area (Å²) in [5.74, 6) is 0.433. The Morgan fingerprint density at radius 2 is 1.47 bits per heavy atom. The van der Waals surface area contributed by atoms with E-state index in [1.165, 1.54) is 12.1 Å². The van der Waals surface area contributed by atoms with Gasteiger partial charge in [-0.2, -0.15) is 26.3 Å². The molecule has 2 nitrogen and oxygen atoms in total. The lowest BCUT2D eigenvalue weighted by Crippen LogP contribution is -2.07. The summed E-state index contributed by atoms with van der Waals surface area (Å²) in [6.07, 6.45) is -8.00. The number of ether oxygens (including phenoxy) is 1. The fourth-order valence-electron chi connectivity index (χ4n) is 2.65. The van der Waals surface area contributed by atoms with E-state index in [0.29, 0.717) is 17.0 Å². The van der Waals surface area contributed by atoms with Gasteiger partial charge >= 0.3 is 12.4 Å². The van der Waals surface area contributed by atoms with E-state index in [4.69, 9.17) is 16.3 Å². The number of hydrogen-bond donors (Lipinski definition) is 0. The molecule has 0 unspecified atom stereocenters. The SMILES string of the molecule is FC(F)(F)c1cccc(COc2ccc(Cc3ncc(C(F)(F)F)cc3Cl)cc2)c1. The number of hydrogen-bond acceptors (Lipinski definition) is 2. The molecule has 0 aliphatic carbocycles. The molecule has 0 bridgehead atoms. The van der Waals surface area contributed by atoms with Crippen molar-refractivity contribution < 1.29 is 31.1 Å². The lowest BCUT2D eigenvalue weighted by atomic mass is 10.1. The largest absolute Gasteiger partial charge is 0.489 e. The lowest BCUT2D eigenvalue weighted by Gasteiger charge is -2.11. The second kappa shape index (κ2) is 8.55. The number of nitrogens with zero attached hydrogens (tertiary/aromatic N) is 1. The van der Waals surface area contributed by atoms with E-state index in [1.807, 2.05) is 0 Å². The summed E-state index contributed by atoms with van der Waals surface area (Å²) in [5, 5.41) is -0.0882. The normalized spacial score (nSPS) is 12.1. The monoisotopic (exact) mass is 445 g/mol. The zero-order valence-corrected chi connectivity index (χ0v) is 15.9. The van der Waals surface area contributed by atoms with Crippen LogP contribution in [0.3, 0.4) is 0 Å². The summed E-state index contributed by atoms with van der Waals surface area (Å²) < 4.78 is 81.8. The molecule has 0 N–H and O–H groups in total. The van der Waals surface area contributed by atoms with Gasteiger partial charge in [-0.15, -0.1) is 0 Å². The molecule has 2 aromatic carbocycles. The van der Waals surface area contributed by atoms with Gasteiger partial charge in [-0.25, -0.2) is 0 Å². The van der Waals surface area contributed by atoms with Crippen molar-refractivity contribution in [3.05, 3.63) is 93.8 Å². The van der Waals surface area contributed by atoms with Crippen LogP contribution in [0.4, 0.5) is 26.3 Å². The highest BCUT2D eigenvalue weighted by molar-refractivity contribution is 6.31. The average Bonchev–Trinajstić information content (AvgIpc) is 2.68. The summed E-state index contributed by atoms with van der Waals surface area (Å²) in [5.41, 5.74) is -0.276. The van der Waals surface area contributed by atoms with E-state index in [9.17, 15) is 26.3 Å². The zero-order valence-electron chi connectivity index (χ0n) is 15.2. The van der Waals surface area contributed by atoms with E-state index in [-0.39, 0.29) is 18.1 Å². The smallest absolute Gasteiger partial charge is 0.417 e. The van der Waals surface area contributed by atoms with Crippen LogP contribution in [0.25, 0.3) is 0 Å². The fourth-order valence-corrected chi connectivity index (χ4v) is 2.89. The molecule has 0 atom stereocenters. The van der Waals surface area contributed by atoms with E-state index in [1.54, 1.807) is 24.3 Å². The van der Waals surface area contributed by atoms with E-state index in [0.717, 1.165) is 30.0 Å². The molecule has 1 aromatic heterocycles. The van der Waals surface area contributed by atoms with Crippen molar-refractivity contribution in [3.8, 4) is 5.75 Å². The molecule has 3 aromatic rings. The molecular formula is C21H14ClF6NO. The molecule has 158 valence electrons.